The van der Waals surface area contributed by atoms with Gasteiger partial charge in [0.05, 0.1) is 12.3 Å². The molecule has 1 atom stereocenters. The maximum Gasteiger partial charge on any atom is 0.407 e. The molecule has 1 aliphatic rings. The number of hydrogen-bond acceptors (Lipinski definition) is 7. The van der Waals surface area contributed by atoms with Crippen LogP contribution in [0.1, 0.15) is 29.5 Å². The molecule has 0 fully saturated rings. The molecule has 5 aromatic rings. The summed E-state index contributed by atoms with van der Waals surface area (Å²) in [4.78, 5) is 43.5. The largest absolute Gasteiger partial charge is 0.465 e. The molecule has 0 spiro atoms. The molecule has 0 saturated heterocycles. The number of benzene rings is 3. The first-order valence-electron chi connectivity index (χ1n) is 15.1. The van der Waals surface area contributed by atoms with Crippen LogP contribution >= 0.6 is 0 Å². The predicted octanol–water partition coefficient (Wildman–Crippen LogP) is 5.60. The molecule has 232 valence electrons. The summed E-state index contributed by atoms with van der Waals surface area (Å²) in [5, 5.41) is 10.2. The number of nitrogens with zero attached hydrogens (tertiary/aromatic N) is 3. The van der Waals surface area contributed by atoms with E-state index in [0.717, 1.165) is 33.4 Å². The number of anilines is 1. The van der Waals surface area contributed by atoms with E-state index in [1.54, 1.807) is 37.5 Å². The maximum absolute atomic E-state index is 13.8. The topological polar surface area (TPSA) is 124 Å². The number of esters is 1. The lowest BCUT2D eigenvalue weighted by atomic mass is 9.98. The van der Waals surface area contributed by atoms with E-state index < -0.39 is 24.0 Å². The molecule has 2 aromatic heterocycles. The van der Waals surface area contributed by atoms with Gasteiger partial charge in [-0.25, -0.2) is 9.48 Å². The van der Waals surface area contributed by atoms with Crippen LogP contribution in [0.25, 0.3) is 22.4 Å². The van der Waals surface area contributed by atoms with Gasteiger partial charge in [-0.05, 0) is 46.9 Å². The summed E-state index contributed by atoms with van der Waals surface area (Å²) in [7, 11) is 0. The Labute approximate surface area is 266 Å². The van der Waals surface area contributed by atoms with E-state index in [2.05, 4.69) is 32.8 Å². The summed E-state index contributed by atoms with van der Waals surface area (Å²) in [5.74, 6) is -0.843. The van der Waals surface area contributed by atoms with E-state index in [-0.39, 0.29) is 37.9 Å². The highest BCUT2D eigenvalue weighted by atomic mass is 16.5. The predicted molar refractivity (Wildman–Crippen MR) is 173 cm³/mol. The van der Waals surface area contributed by atoms with Gasteiger partial charge in [0.15, 0.2) is 0 Å². The minimum atomic E-state index is -0.992. The van der Waals surface area contributed by atoms with Gasteiger partial charge < -0.3 is 20.1 Å². The number of nitrogens with one attached hydrogen (secondary N) is 2. The van der Waals surface area contributed by atoms with Crippen molar-refractivity contribution in [2.45, 2.75) is 31.8 Å². The Balaban J connectivity index is 1.20. The van der Waals surface area contributed by atoms with Gasteiger partial charge >= 0.3 is 12.1 Å². The Morgan fingerprint density at radius 3 is 2.17 bits per heavy atom. The number of pyridine rings is 1. The molecular weight excluding hydrogens is 582 g/mol. The quantitative estimate of drug-likeness (QED) is 0.186. The number of hydrogen-bond donors (Lipinski definition) is 2. The van der Waals surface area contributed by atoms with Crippen LogP contribution in [-0.4, -0.2) is 52.0 Å². The molecule has 46 heavy (non-hydrogen) atoms. The van der Waals surface area contributed by atoms with Crippen LogP contribution in [0.3, 0.4) is 0 Å². The first kappa shape index (κ1) is 30.3. The third kappa shape index (κ3) is 6.81. The van der Waals surface area contributed by atoms with E-state index in [0.29, 0.717) is 5.69 Å². The van der Waals surface area contributed by atoms with Gasteiger partial charge in [-0.15, -0.1) is 0 Å². The van der Waals surface area contributed by atoms with Crippen molar-refractivity contribution in [3.63, 3.8) is 0 Å². The van der Waals surface area contributed by atoms with Crippen molar-refractivity contribution in [2.24, 2.45) is 0 Å². The zero-order valence-electron chi connectivity index (χ0n) is 25.3. The Morgan fingerprint density at radius 2 is 1.50 bits per heavy atom. The van der Waals surface area contributed by atoms with Crippen molar-refractivity contribution in [3.8, 4) is 22.4 Å². The lowest BCUT2D eigenvalue weighted by molar-refractivity contribution is -0.144. The molecular formula is C36H33N5O5. The van der Waals surface area contributed by atoms with E-state index in [4.69, 9.17) is 9.47 Å². The average molecular weight is 616 g/mol. The first-order valence-corrected chi connectivity index (χ1v) is 15.1. The highest BCUT2D eigenvalue weighted by Crippen LogP contribution is 2.44. The van der Waals surface area contributed by atoms with Gasteiger partial charge in [-0.1, -0.05) is 78.9 Å². The Kier molecular flexibility index (Phi) is 9.14. The van der Waals surface area contributed by atoms with Crippen LogP contribution in [0, 0.1) is 0 Å². The smallest absolute Gasteiger partial charge is 0.407 e. The summed E-state index contributed by atoms with van der Waals surface area (Å²) in [6.07, 6.45) is 2.76. The number of fused-ring (bicyclic) bond motifs is 3. The SMILES string of the molecule is CCOC(=O)Cn1nc(-c2ccncc2)cc1NC(=O)[C@H](Cc1ccccc1)NC(=O)OCC1c2ccccc2-c2ccccc21. The molecule has 10 heteroatoms. The summed E-state index contributed by atoms with van der Waals surface area (Å²) >= 11 is 0. The molecule has 0 bridgehead atoms. The van der Waals surface area contributed by atoms with Crippen molar-refractivity contribution in [3.05, 3.63) is 126 Å². The molecule has 0 saturated carbocycles. The third-order valence-electron chi connectivity index (χ3n) is 7.83. The molecule has 6 rings (SSSR count). The lowest BCUT2D eigenvalue weighted by Crippen LogP contribution is -2.46. The fourth-order valence-corrected chi connectivity index (χ4v) is 5.69. The second kappa shape index (κ2) is 13.9. The van der Waals surface area contributed by atoms with Crippen LogP contribution in [0.2, 0.25) is 0 Å². The standard InChI is InChI=1S/C36H33N5O5/c1-2-45-34(42)22-41-33(21-31(40-41)25-16-18-37-19-17-25)39-35(43)32(20-24-10-4-3-5-11-24)38-36(44)46-23-30-28-14-8-6-12-26(28)27-13-7-9-15-29(27)30/h3-19,21,30,32H,2,20,22-23H2,1H3,(H,38,44)(H,39,43)/t32-/m0/s1. The number of alkyl carbamates (subject to hydrolysis) is 1. The van der Waals surface area contributed by atoms with Crippen molar-refractivity contribution < 1.29 is 23.9 Å². The second-order valence-corrected chi connectivity index (χ2v) is 10.8. The summed E-state index contributed by atoms with van der Waals surface area (Å²) in [6, 6.07) is 29.8. The normalized spacial score (nSPS) is 12.5. The van der Waals surface area contributed by atoms with E-state index in [1.807, 2.05) is 66.7 Å². The van der Waals surface area contributed by atoms with Crippen LogP contribution in [-0.2, 0) is 32.0 Å². The molecule has 2 amide bonds. The number of ether oxygens (including phenoxy) is 2. The zero-order valence-corrected chi connectivity index (χ0v) is 25.3. The molecule has 2 N–H and O–H groups in total. The van der Waals surface area contributed by atoms with Gasteiger partial charge in [0.25, 0.3) is 0 Å². The van der Waals surface area contributed by atoms with Crippen molar-refractivity contribution in [1.29, 1.82) is 0 Å². The second-order valence-electron chi connectivity index (χ2n) is 10.8. The van der Waals surface area contributed by atoms with Gasteiger partial charge in [0, 0.05) is 36.4 Å². The Morgan fingerprint density at radius 1 is 0.848 bits per heavy atom. The minimum absolute atomic E-state index is 0.112. The number of aromatic nitrogens is 3. The van der Waals surface area contributed by atoms with Crippen molar-refractivity contribution >= 4 is 23.8 Å². The van der Waals surface area contributed by atoms with Gasteiger partial charge in [0.1, 0.15) is 25.0 Å². The third-order valence-corrected chi connectivity index (χ3v) is 7.83. The molecule has 0 radical (unpaired) electrons. The van der Waals surface area contributed by atoms with E-state index in [1.165, 1.54) is 4.68 Å². The lowest BCUT2D eigenvalue weighted by Gasteiger charge is -2.20. The van der Waals surface area contributed by atoms with E-state index in [9.17, 15) is 14.4 Å². The number of rotatable bonds is 11. The molecule has 0 unspecified atom stereocenters. The van der Waals surface area contributed by atoms with Gasteiger partial charge in [-0.2, -0.15) is 5.10 Å². The summed E-state index contributed by atoms with van der Waals surface area (Å²) in [5.41, 5.74) is 6.57. The highest BCUT2D eigenvalue weighted by Gasteiger charge is 2.30. The summed E-state index contributed by atoms with van der Waals surface area (Å²) in [6.45, 7) is 1.83. The summed E-state index contributed by atoms with van der Waals surface area (Å²) < 4.78 is 12.2. The number of amides is 2. The monoisotopic (exact) mass is 615 g/mol. The maximum atomic E-state index is 13.8. The Hall–Kier alpha value is -5.77. The first-order chi connectivity index (χ1) is 22.5. The average Bonchev–Trinajstić information content (AvgIpc) is 3.62. The van der Waals surface area contributed by atoms with Crippen LogP contribution < -0.4 is 10.6 Å². The van der Waals surface area contributed by atoms with Crippen LogP contribution in [0.4, 0.5) is 10.6 Å². The molecule has 2 heterocycles. The fourth-order valence-electron chi connectivity index (χ4n) is 5.69. The zero-order chi connectivity index (χ0) is 31.9. The van der Waals surface area contributed by atoms with Crippen LogP contribution in [0.15, 0.2) is 109 Å². The van der Waals surface area contributed by atoms with Gasteiger partial charge in [-0.3, -0.25) is 14.6 Å². The Bertz CT molecular complexity index is 1790. The van der Waals surface area contributed by atoms with Crippen LogP contribution in [0.5, 0.6) is 0 Å². The molecule has 3 aromatic carbocycles. The highest BCUT2D eigenvalue weighted by molar-refractivity contribution is 5.96. The van der Waals surface area contributed by atoms with Crippen molar-refractivity contribution in [1.82, 2.24) is 20.1 Å². The molecule has 0 aliphatic heterocycles. The van der Waals surface area contributed by atoms with Crippen molar-refractivity contribution in [2.75, 3.05) is 18.5 Å². The van der Waals surface area contributed by atoms with E-state index >= 15 is 0 Å². The number of carbonyl (C=O) groups is 3. The fraction of sp³-hybridized carbons (Fsp3) is 0.194. The van der Waals surface area contributed by atoms with Gasteiger partial charge in [0.2, 0.25) is 5.91 Å². The molecule has 1 aliphatic carbocycles. The number of carbonyl (C=O) groups excluding carboxylic acids is 3. The minimum Gasteiger partial charge on any atom is -0.465 e. The molecule has 10 nitrogen and oxygen atoms in total.